The number of benzene rings is 1. The summed E-state index contributed by atoms with van der Waals surface area (Å²) in [4.78, 5) is 13.0. The van der Waals surface area contributed by atoms with Crippen LogP contribution in [0.4, 0.5) is 5.82 Å². The first kappa shape index (κ1) is 21.3. The van der Waals surface area contributed by atoms with Crippen LogP contribution in [-0.2, 0) is 0 Å². The summed E-state index contributed by atoms with van der Waals surface area (Å²) in [6, 6.07) is 13.2. The molecule has 5 nitrogen and oxygen atoms in total. The molecule has 1 saturated heterocycles. The lowest BCUT2D eigenvalue weighted by Crippen LogP contribution is -2.49. The minimum Gasteiger partial charge on any atom is -0.387 e. The molecule has 0 bridgehead atoms. The third-order valence-corrected chi connectivity index (χ3v) is 6.04. The highest BCUT2D eigenvalue weighted by Gasteiger charge is 2.31. The van der Waals surface area contributed by atoms with Gasteiger partial charge in [0.25, 0.3) is 0 Å². The SMILES string of the molecule is OC(CN1CCN(c2ncc(Cl)cc2Cl)[C@H](c2ccc(Cl)cc2)C1)c1ccncc1. The normalized spacial score (nSPS) is 18.4. The van der Waals surface area contributed by atoms with E-state index in [1.165, 1.54) is 0 Å². The van der Waals surface area contributed by atoms with Gasteiger partial charge in [-0.3, -0.25) is 9.88 Å². The zero-order valence-electron chi connectivity index (χ0n) is 16.1. The third kappa shape index (κ3) is 4.88. The van der Waals surface area contributed by atoms with E-state index in [0.29, 0.717) is 40.5 Å². The first-order valence-electron chi connectivity index (χ1n) is 9.65. The number of nitrogens with zero attached hydrogens (tertiary/aromatic N) is 4. The molecule has 1 fully saturated rings. The van der Waals surface area contributed by atoms with Crippen molar-refractivity contribution in [2.75, 3.05) is 31.1 Å². The van der Waals surface area contributed by atoms with Crippen LogP contribution in [0.1, 0.15) is 23.3 Å². The zero-order valence-corrected chi connectivity index (χ0v) is 18.4. The second-order valence-corrected chi connectivity index (χ2v) is 8.56. The van der Waals surface area contributed by atoms with Gasteiger partial charge in [0, 0.05) is 49.8 Å². The number of pyridine rings is 2. The maximum absolute atomic E-state index is 10.7. The third-order valence-electron chi connectivity index (χ3n) is 5.30. The maximum atomic E-state index is 10.7. The summed E-state index contributed by atoms with van der Waals surface area (Å²) in [5.74, 6) is 0.704. The van der Waals surface area contributed by atoms with Gasteiger partial charge >= 0.3 is 0 Å². The average Bonchev–Trinajstić information content (AvgIpc) is 2.75. The van der Waals surface area contributed by atoms with Gasteiger partial charge in [-0.2, -0.15) is 0 Å². The van der Waals surface area contributed by atoms with Crippen LogP contribution < -0.4 is 4.90 Å². The van der Waals surface area contributed by atoms with E-state index >= 15 is 0 Å². The van der Waals surface area contributed by atoms with Crippen LogP contribution in [0.15, 0.2) is 61.1 Å². The van der Waals surface area contributed by atoms with Crippen molar-refractivity contribution < 1.29 is 5.11 Å². The Hall–Kier alpha value is -1.89. The van der Waals surface area contributed by atoms with Gasteiger partial charge in [0.15, 0.2) is 0 Å². The smallest absolute Gasteiger partial charge is 0.148 e. The van der Waals surface area contributed by atoms with Gasteiger partial charge in [0.2, 0.25) is 0 Å². The summed E-state index contributed by atoms with van der Waals surface area (Å²) >= 11 is 18.6. The molecule has 0 radical (unpaired) electrons. The summed E-state index contributed by atoms with van der Waals surface area (Å²) < 4.78 is 0. The highest BCUT2D eigenvalue weighted by atomic mass is 35.5. The molecule has 156 valence electrons. The molecular formula is C22H21Cl3N4O. The Morgan fingerprint density at radius 2 is 1.73 bits per heavy atom. The van der Waals surface area contributed by atoms with Crippen molar-refractivity contribution >= 4 is 40.6 Å². The summed E-state index contributed by atoms with van der Waals surface area (Å²) in [5, 5.41) is 12.4. The van der Waals surface area contributed by atoms with E-state index < -0.39 is 6.10 Å². The quantitative estimate of drug-likeness (QED) is 0.575. The van der Waals surface area contributed by atoms with Crippen molar-refractivity contribution in [1.82, 2.24) is 14.9 Å². The number of rotatable bonds is 5. The number of halogens is 3. The van der Waals surface area contributed by atoms with Crippen LogP contribution in [0, 0.1) is 0 Å². The van der Waals surface area contributed by atoms with Crippen LogP contribution in [0.2, 0.25) is 15.1 Å². The summed E-state index contributed by atoms with van der Waals surface area (Å²) in [6.07, 6.45) is 4.42. The van der Waals surface area contributed by atoms with Crippen LogP contribution in [-0.4, -0.2) is 46.2 Å². The number of piperazine rings is 1. The topological polar surface area (TPSA) is 52.5 Å². The zero-order chi connectivity index (χ0) is 21.1. The number of aromatic nitrogens is 2. The van der Waals surface area contributed by atoms with E-state index in [0.717, 1.165) is 17.7 Å². The molecule has 0 saturated carbocycles. The van der Waals surface area contributed by atoms with E-state index in [1.54, 1.807) is 24.7 Å². The Morgan fingerprint density at radius 3 is 2.43 bits per heavy atom. The minimum atomic E-state index is -0.581. The Kier molecular flexibility index (Phi) is 6.76. The first-order valence-corrected chi connectivity index (χ1v) is 10.8. The van der Waals surface area contributed by atoms with Crippen molar-refractivity contribution in [2.45, 2.75) is 12.1 Å². The Labute approximate surface area is 190 Å². The highest BCUT2D eigenvalue weighted by Crippen LogP contribution is 2.35. The highest BCUT2D eigenvalue weighted by molar-refractivity contribution is 6.36. The van der Waals surface area contributed by atoms with E-state index in [-0.39, 0.29) is 6.04 Å². The molecule has 0 amide bonds. The summed E-state index contributed by atoms with van der Waals surface area (Å²) in [7, 11) is 0. The molecule has 0 aliphatic carbocycles. The van der Waals surface area contributed by atoms with Crippen LogP contribution >= 0.6 is 34.8 Å². The van der Waals surface area contributed by atoms with Gasteiger partial charge in [-0.05, 0) is 41.5 Å². The van der Waals surface area contributed by atoms with Crippen molar-refractivity contribution in [1.29, 1.82) is 0 Å². The summed E-state index contributed by atoms with van der Waals surface area (Å²) in [5.41, 5.74) is 1.97. The lowest BCUT2D eigenvalue weighted by atomic mass is 10.0. The molecule has 2 aromatic heterocycles. The maximum Gasteiger partial charge on any atom is 0.148 e. The van der Waals surface area contributed by atoms with Gasteiger partial charge in [-0.1, -0.05) is 46.9 Å². The Balaban J connectivity index is 1.59. The van der Waals surface area contributed by atoms with Crippen molar-refractivity contribution in [2.24, 2.45) is 0 Å². The van der Waals surface area contributed by atoms with Crippen LogP contribution in [0.5, 0.6) is 0 Å². The van der Waals surface area contributed by atoms with Crippen LogP contribution in [0.3, 0.4) is 0 Å². The average molecular weight is 464 g/mol. The van der Waals surface area contributed by atoms with Crippen molar-refractivity contribution in [3.63, 3.8) is 0 Å². The standard InChI is InChI=1S/C22H21Cl3N4O/c23-17-3-1-15(2-4-17)20-13-28(14-21(30)16-5-7-26-8-6-16)9-10-29(20)22-19(25)11-18(24)12-27-22/h1-8,11-12,20-21,30H,9-10,13-14H2/t20-,21?/m0/s1. The molecule has 8 heteroatoms. The monoisotopic (exact) mass is 462 g/mol. The molecule has 2 atom stereocenters. The number of aliphatic hydroxyl groups is 1. The van der Waals surface area contributed by atoms with E-state index in [2.05, 4.69) is 19.8 Å². The lowest BCUT2D eigenvalue weighted by molar-refractivity contribution is 0.100. The second kappa shape index (κ2) is 9.50. The molecule has 1 aliphatic rings. The molecule has 1 aliphatic heterocycles. The fraction of sp³-hybridized carbons (Fsp3) is 0.273. The number of anilines is 1. The lowest BCUT2D eigenvalue weighted by Gasteiger charge is -2.43. The number of aliphatic hydroxyl groups excluding tert-OH is 1. The van der Waals surface area contributed by atoms with E-state index in [9.17, 15) is 5.11 Å². The van der Waals surface area contributed by atoms with Gasteiger partial charge in [0.1, 0.15) is 5.82 Å². The minimum absolute atomic E-state index is 0.00633. The van der Waals surface area contributed by atoms with E-state index in [1.807, 2.05) is 36.4 Å². The molecule has 1 N–H and O–H groups in total. The number of β-amino-alcohol motifs (C(OH)–C–C–N with tert-alkyl or cyclic N) is 1. The number of hydrogen-bond acceptors (Lipinski definition) is 5. The predicted octanol–water partition coefficient (Wildman–Crippen LogP) is 5.03. The van der Waals surface area contributed by atoms with Gasteiger partial charge in [0.05, 0.1) is 22.2 Å². The largest absolute Gasteiger partial charge is 0.387 e. The van der Waals surface area contributed by atoms with Crippen LogP contribution in [0.25, 0.3) is 0 Å². The molecule has 4 rings (SSSR count). The molecule has 0 spiro atoms. The van der Waals surface area contributed by atoms with E-state index in [4.69, 9.17) is 34.8 Å². The Morgan fingerprint density at radius 1 is 1.00 bits per heavy atom. The van der Waals surface area contributed by atoms with Crippen molar-refractivity contribution in [3.05, 3.63) is 87.2 Å². The van der Waals surface area contributed by atoms with Crippen molar-refractivity contribution in [3.8, 4) is 0 Å². The summed E-state index contributed by atoms with van der Waals surface area (Å²) in [6.45, 7) is 2.73. The van der Waals surface area contributed by atoms with Gasteiger partial charge in [-0.15, -0.1) is 0 Å². The fourth-order valence-electron chi connectivity index (χ4n) is 3.78. The molecular weight excluding hydrogens is 443 g/mol. The molecule has 30 heavy (non-hydrogen) atoms. The second-order valence-electron chi connectivity index (χ2n) is 7.28. The molecule has 1 aromatic carbocycles. The Bertz CT molecular complexity index is 987. The number of hydrogen-bond donors (Lipinski definition) is 1. The first-order chi connectivity index (χ1) is 14.5. The molecule has 3 aromatic rings. The van der Waals surface area contributed by atoms with Gasteiger partial charge < -0.3 is 10.0 Å². The molecule has 1 unspecified atom stereocenters. The fourth-order valence-corrected chi connectivity index (χ4v) is 4.40. The van der Waals surface area contributed by atoms with Gasteiger partial charge in [-0.25, -0.2) is 4.98 Å². The predicted molar refractivity (Wildman–Crippen MR) is 121 cm³/mol. The molecule has 3 heterocycles.